The summed E-state index contributed by atoms with van der Waals surface area (Å²) < 4.78 is 4.95. The standard InChI is InChI=1S/C12H21NO2/c1-13(2)12-7-4-11(5-8-12,6-9-12)10(14)15-3/h4-9H2,1-3H3. The van der Waals surface area contributed by atoms with Gasteiger partial charge in [0.15, 0.2) is 0 Å². The Morgan fingerprint density at radius 3 is 1.87 bits per heavy atom. The quantitative estimate of drug-likeness (QED) is 0.652. The number of ether oxygens (including phenoxy) is 1. The number of fused-ring (bicyclic) bond motifs is 3. The molecule has 3 fully saturated rings. The number of methoxy groups -OCH3 is 1. The van der Waals surface area contributed by atoms with Gasteiger partial charge in [0.2, 0.25) is 0 Å². The van der Waals surface area contributed by atoms with Gasteiger partial charge in [-0.15, -0.1) is 0 Å². The van der Waals surface area contributed by atoms with Crippen molar-refractivity contribution in [2.45, 2.75) is 44.1 Å². The molecule has 3 nitrogen and oxygen atoms in total. The first-order valence-electron chi connectivity index (χ1n) is 5.81. The van der Waals surface area contributed by atoms with Gasteiger partial charge in [-0.25, -0.2) is 0 Å². The SMILES string of the molecule is COC(=O)C12CCC(N(C)C)(CC1)CC2. The van der Waals surface area contributed by atoms with E-state index in [0.29, 0.717) is 5.54 Å². The second-order valence-corrected chi connectivity index (χ2v) is 5.39. The summed E-state index contributed by atoms with van der Waals surface area (Å²) in [6.07, 6.45) is 6.48. The highest BCUT2D eigenvalue weighted by Gasteiger charge is 2.53. The predicted octanol–water partition coefficient (Wildman–Crippen LogP) is 1.81. The van der Waals surface area contributed by atoms with E-state index in [0.717, 1.165) is 38.5 Å². The number of rotatable bonds is 2. The summed E-state index contributed by atoms with van der Waals surface area (Å²) in [6.45, 7) is 0. The largest absolute Gasteiger partial charge is 0.469 e. The molecule has 0 saturated heterocycles. The average Bonchev–Trinajstić information content (AvgIpc) is 2.30. The van der Waals surface area contributed by atoms with Gasteiger partial charge in [0, 0.05) is 5.54 Å². The van der Waals surface area contributed by atoms with Crippen molar-refractivity contribution in [1.82, 2.24) is 4.90 Å². The molecule has 3 rings (SSSR count). The number of esters is 1. The van der Waals surface area contributed by atoms with Crippen molar-refractivity contribution in [3.63, 3.8) is 0 Å². The van der Waals surface area contributed by atoms with Gasteiger partial charge in [-0.3, -0.25) is 4.79 Å². The van der Waals surface area contributed by atoms with Crippen LogP contribution >= 0.6 is 0 Å². The maximum Gasteiger partial charge on any atom is 0.311 e. The van der Waals surface area contributed by atoms with Crippen LogP contribution in [0.15, 0.2) is 0 Å². The molecular weight excluding hydrogens is 190 g/mol. The molecule has 3 saturated carbocycles. The van der Waals surface area contributed by atoms with Crippen LogP contribution in [-0.2, 0) is 9.53 Å². The Balaban J connectivity index is 2.14. The fourth-order valence-electron chi connectivity index (χ4n) is 3.36. The summed E-state index contributed by atoms with van der Waals surface area (Å²) in [5.41, 5.74) is 0.238. The first-order chi connectivity index (χ1) is 7.05. The third-order valence-corrected chi connectivity index (χ3v) is 4.77. The molecule has 3 aliphatic carbocycles. The third-order valence-electron chi connectivity index (χ3n) is 4.77. The lowest BCUT2D eigenvalue weighted by atomic mass is 9.57. The summed E-state index contributed by atoms with van der Waals surface area (Å²) in [7, 11) is 5.84. The normalized spacial score (nSPS) is 39.5. The Morgan fingerprint density at radius 2 is 1.53 bits per heavy atom. The van der Waals surface area contributed by atoms with Crippen molar-refractivity contribution in [2.75, 3.05) is 21.2 Å². The van der Waals surface area contributed by atoms with Crippen molar-refractivity contribution in [1.29, 1.82) is 0 Å². The minimum Gasteiger partial charge on any atom is -0.469 e. The summed E-state index contributed by atoms with van der Waals surface area (Å²) in [4.78, 5) is 14.1. The van der Waals surface area contributed by atoms with Gasteiger partial charge < -0.3 is 9.64 Å². The molecule has 0 unspecified atom stereocenters. The molecule has 0 N–H and O–H groups in total. The molecular formula is C12H21NO2. The molecule has 0 spiro atoms. The zero-order chi connectivity index (χ0) is 11.1. The Kier molecular flexibility index (Phi) is 2.53. The molecule has 0 aromatic rings. The van der Waals surface area contributed by atoms with E-state index in [2.05, 4.69) is 19.0 Å². The minimum absolute atomic E-state index is 0.0227. The van der Waals surface area contributed by atoms with E-state index in [1.165, 1.54) is 7.11 Å². The first kappa shape index (κ1) is 10.9. The molecule has 0 aromatic heterocycles. The molecule has 15 heavy (non-hydrogen) atoms. The summed E-state index contributed by atoms with van der Waals surface area (Å²) in [5.74, 6) is 0.0227. The van der Waals surface area contributed by atoms with E-state index < -0.39 is 0 Å². The Morgan fingerprint density at radius 1 is 1.07 bits per heavy atom. The van der Waals surface area contributed by atoms with E-state index >= 15 is 0 Å². The summed E-state index contributed by atoms with van der Waals surface area (Å²) in [5, 5.41) is 0. The average molecular weight is 211 g/mol. The fraction of sp³-hybridized carbons (Fsp3) is 0.917. The number of nitrogens with zero attached hydrogens (tertiary/aromatic N) is 1. The minimum atomic E-state index is -0.132. The van der Waals surface area contributed by atoms with Crippen molar-refractivity contribution >= 4 is 5.97 Å². The van der Waals surface area contributed by atoms with Gasteiger partial charge in [0.05, 0.1) is 12.5 Å². The molecule has 0 amide bonds. The van der Waals surface area contributed by atoms with Crippen LogP contribution in [0.2, 0.25) is 0 Å². The fourth-order valence-corrected chi connectivity index (χ4v) is 3.36. The van der Waals surface area contributed by atoms with Crippen LogP contribution in [0.1, 0.15) is 38.5 Å². The molecule has 86 valence electrons. The number of carbonyl (C=O) groups is 1. The van der Waals surface area contributed by atoms with Gasteiger partial charge in [-0.2, -0.15) is 0 Å². The summed E-state index contributed by atoms with van der Waals surface area (Å²) >= 11 is 0. The van der Waals surface area contributed by atoms with Crippen LogP contribution in [0.5, 0.6) is 0 Å². The van der Waals surface area contributed by atoms with E-state index in [9.17, 15) is 4.79 Å². The monoisotopic (exact) mass is 211 g/mol. The molecule has 2 bridgehead atoms. The van der Waals surface area contributed by atoms with E-state index in [-0.39, 0.29) is 11.4 Å². The maximum atomic E-state index is 11.8. The van der Waals surface area contributed by atoms with Crippen molar-refractivity contribution < 1.29 is 9.53 Å². The van der Waals surface area contributed by atoms with E-state index in [1.54, 1.807) is 0 Å². The number of hydrogen-bond donors (Lipinski definition) is 0. The smallest absolute Gasteiger partial charge is 0.311 e. The first-order valence-corrected chi connectivity index (χ1v) is 5.81. The predicted molar refractivity (Wildman–Crippen MR) is 58.6 cm³/mol. The van der Waals surface area contributed by atoms with Gasteiger partial charge in [0.25, 0.3) is 0 Å². The maximum absolute atomic E-state index is 11.8. The molecule has 3 aliphatic rings. The lowest BCUT2D eigenvalue weighted by molar-refractivity contribution is -0.163. The number of carbonyl (C=O) groups excluding carboxylic acids is 1. The van der Waals surface area contributed by atoms with Crippen molar-refractivity contribution in [3.05, 3.63) is 0 Å². The van der Waals surface area contributed by atoms with E-state index in [1.807, 2.05) is 0 Å². The van der Waals surface area contributed by atoms with Crippen LogP contribution in [0.25, 0.3) is 0 Å². The Labute approximate surface area is 91.8 Å². The second-order valence-electron chi connectivity index (χ2n) is 5.39. The molecule has 3 heteroatoms. The van der Waals surface area contributed by atoms with Crippen LogP contribution in [0, 0.1) is 5.41 Å². The number of hydrogen-bond acceptors (Lipinski definition) is 3. The Hall–Kier alpha value is -0.570. The Bertz CT molecular complexity index is 248. The molecule has 0 aliphatic heterocycles. The van der Waals surface area contributed by atoms with Crippen LogP contribution in [-0.4, -0.2) is 37.6 Å². The highest BCUT2D eigenvalue weighted by atomic mass is 16.5. The molecule has 0 atom stereocenters. The van der Waals surface area contributed by atoms with Gasteiger partial charge in [0.1, 0.15) is 0 Å². The van der Waals surface area contributed by atoms with Crippen LogP contribution in [0.3, 0.4) is 0 Å². The zero-order valence-electron chi connectivity index (χ0n) is 10.0. The lowest BCUT2D eigenvalue weighted by Gasteiger charge is -2.54. The van der Waals surface area contributed by atoms with Crippen molar-refractivity contribution in [3.8, 4) is 0 Å². The van der Waals surface area contributed by atoms with Crippen LogP contribution in [0.4, 0.5) is 0 Å². The van der Waals surface area contributed by atoms with E-state index in [4.69, 9.17) is 4.74 Å². The lowest BCUT2D eigenvalue weighted by Crippen LogP contribution is -2.56. The topological polar surface area (TPSA) is 29.5 Å². The second kappa shape index (κ2) is 3.48. The summed E-state index contributed by atoms with van der Waals surface area (Å²) in [6, 6.07) is 0. The van der Waals surface area contributed by atoms with Gasteiger partial charge in [-0.1, -0.05) is 0 Å². The van der Waals surface area contributed by atoms with Crippen molar-refractivity contribution in [2.24, 2.45) is 5.41 Å². The van der Waals surface area contributed by atoms with Gasteiger partial charge >= 0.3 is 5.97 Å². The molecule has 0 aromatic carbocycles. The third kappa shape index (κ3) is 1.48. The van der Waals surface area contributed by atoms with Gasteiger partial charge in [-0.05, 0) is 52.6 Å². The zero-order valence-corrected chi connectivity index (χ0v) is 10.0. The highest BCUT2D eigenvalue weighted by Crippen LogP contribution is 2.54. The highest BCUT2D eigenvalue weighted by molar-refractivity contribution is 5.77. The van der Waals surface area contributed by atoms with Crippen LogP contribution < -0.4 is 0 Å². The molecule has 0 heterocycles. The molecule has 0 radical (unpaired) electrons.